The maximum atomic E-state index is 12.4. The topological polar surface area (TPSA) is 48.1 Å². The van der Waals surface area contributed by atoms with Crippen LogP contribution in [-0.4, -0.2) is 69.0 Å². The number of benzene rings is 2. The van der Waals surface area contributed by atoms with Gasteiger partial charge in [-0.1, -0.05) is 0 Å². The third kappa shape index (κ3) is 6.39. The molecule has 0 aliphatic carbocycles. The molecule has 1 N–H and O–H groups in total. The van der Waals surface area contributed by atoms with Gasteiger partial charge in [-0.2, -0.15) is 0 Å². The lowest BCUT2D eigenvalue weighted by atomic mass is 10.2. The lowest BCUT2D eigenvalue weighted by Crippen LogP contribution is -2.44. The molecule has 1 aliphatic rings. The van der Waals surface area contributed by atoms with E-state index in [2.05, 4.69) is 51.6 Å². The quantitative estimate of drug-likeness (QED) is 0.647. The van der Waals surface area contributed by atoms with Gasteiger partial charge in [0.25, 0.3) is 0 Å². The molecule has 6 nitrogen and oxygen atoms in total. The van der Waals surface area contributed by atoms with Crippen molar-refractivity contribution >= 4 is 29.2 Å². The maximum Gasteiger partial charge on any atom is 0.225 e. The molecule has 1 amide bonds. The van der Waals surface area contributed by atoms with Gasteiger partial charge >= 0.3 is 0 Å². The molecule has 0 radical (unpaired) electrons. The van der Waals surface area contributed by atoms with E-state index >= 15 is 0 Å². The molecular weight excluding hydrogens is 396 g/mol. The number of nitrogens with one attached hydrogen (secondary N) is 1. The summed E-state index contributed by atoms with van der Waals surface area (Å²) in [5.74, 6) is 0.888. The molecule has 1 aliphatic heterocycles. The Balaban J connectivity index is 1.44. The smallest absolute Gasteiger partial charge is 0.225 e. The number of ether oxygens (including phenoxy) is 1. The molecule has 1 fully saturated rings. The average Bonchev–Trinajstić information content (AvgIpc) is 2.75. The molecule has 0 atom stereocenters. The summed E-state index contributed by atoms with van der Waals surface area (Å²) in [7, 11) is 5.84. The first-order valence-corrected chi connectivity index (χ1v) is 11.1. The molecule has 2 aromatic carbocycles. The number of nitrogens with zero attached hydrogens (tertiary/aromatic N) is 3. The Morgan fingerprint density at radius 3 is 2.47 bits per heavy atom. The zero-order chi connectivity index (χ0) is 21.5. The van der Waals surface area contributed by atoms with Crippen molar-refractivity contribution in [3.63, 3.8) is 0 Å². The summed E-state index contributed by atoms with van der Waals surface area (Å²) in [4.78, 5) is 18.3. The Hall–Kier alpha value is -2.22. The van der Waals surface area contributed by atoms with E-state index < -0.39 is 0 Å². The van der Waals surface area contributed by atoms with Crippen LogP contribution in [-0.2, 0) is 4.79 Å². The zero-order valence-electron chi connectivity index (χ0n) is 18.4. The van der Waals surface area contributed by atoms with Crippen molar-refractivity contribution in [3.05, 3.63) is 48.0 Å². The van der Waals surface area contributed by atoms with Crippen LogP contribution < -0.4 is 15.0 Å². The van der Waals surface area contributed by atoms with Crippen LogP contribution in [0.25, 0.3) is 0 Å². The van der Waals surface area contributed by atoms with Gasteiger partial charge in [-0.15, -0.1) is 0 Å². The Morgan fingerprint density at radius 2 is 1.83 bits per heavy atom. The lowest BCUT2D eigenvalue weighted by molar-refractivity contribution is -0.116. The summed E-state index contributed by atoms with van der Waals surface area (Å²) >= 11 is 1.64. The third-order valence-electron chi connectivity index (χ3n) is 5.31. The Morgan fingerprint density at radius 1 is 1.13 bits per heavy atom. The van der Waals surface area contributed by atoms with Crippen LogP contribution >= 0.6 is 11.9 Å². The minimum Gasteiger partial charge on any atom is -0.497 e. The highest BCUT2D eigenvalue weighted by Gasteiger charge is 2.14. The molecule has 0 saturated carbocycles. The summed E-state index contributed by atoms with van der Waals surface area (Å²) in [6, 6.07) is 14.2. The second kappa shape index (κ2) is 10.7. The molecule has 2 aromatic rings. The van der Waals surface area contributed by atoms with E-state index in [1.807, 2.05) is 31.3 Å². The highest BCUT2D eigenvalue weighted by Crippen LogP contribution is 2.28. The van der Waals surface area contributed by atoms with E-state index in [1.54, 1.807) is 19.1 Å². The molecule has 1 saturated heterocycles. The number of hydrogen-bond acceptors (Lipinski definition) is 6. The predicted octanol–water partition coefficient (Wildman–Crippen LogP) is 3.72. The molecule has 0 aromatic heterocycles. The van der Waals surface area contributed by atoms with Crippen LogP contribution in [0, 0.1) is 6.92 Å². The second-order valence-corrected chi connectivity index (χ2v) is 8.96. The molecule has 30 heavy (non-hydrogen) atoms. The largest absolute Gasteiger partial charge is 0.497 e. The van der Waals surface area contributed by atoms with Crippen LogP contribution in [0.1, 0.15) is 12.0 Å². The van der Waals surface area contributed by atoms with E-state index in [0.717, 1.165) is 43.2 Å². The van der Waals surface area contributed by atoms with E-state index in [1.165, 1.54) is 10.6 Å². The summed E-state index contributed by atoms with van der Waals surface area (Å²) in [5, 5.41) is 3.01. The molecule has 162 valence electrons. The monoisotopic (exact) mass is 428 g/mol. The molecule has 0 bridgehead atoms. The summed E-state index contributed by atoms with van der Waals surface area (Å²) in [6.07, 6.45) is 0.443. The van der Waals surface area contributed by atoms with Crippen molar-refractivity contribution in [2.75, 3.05) is 64.1 Å². The van der Waals surface area contributed by atoms with Gasteiger partial charge in [-0.3, -0.25) is 4.79 Å². The standard InChI is InChI=1S/C23H32N4O2S/c1-18-17-21(29-4)9-10-22(18)30-26(3)12-11-23(28)24-19-5-7-20(8-6-19)27-15-13-25(2)14-16-27/h5-10,17H,11-16H2,1-4H3,(H,24,28). The highest BCUT2D eigenvalue weighted by atomic mass is 32.2. The second-order valence-electron chi connectivity index (χ2n) is 7.71. The number of carbonyl (C=O) groups is 1. The number of likely N-dealkylation sites (N-methyl/N-ethyl adjacent to an activating group) is 1. The molecule has 1 heterocycles. The van der Waals surface area contributed by atoms with Crippen molar-refractivity contribution in [3.8, 4) is 5.75 Å². The molecular formula is C23H32N4O2S. The first kappa shape index (κ1) is 22.5. The fourth-order valence-corrected chi connectivity index (χ4v) is 4.22. The van der Waals surface area contributed by atoms with Gasteiger partial charge in [0, 0.05) is 55.4 Å². The van der Waals surface area contributed by atoms with Crippen molar-refractivity contribution in [1.29, 1.82) is 0 Å². The number of rotatable bonds is 8. The molecule has 0 spiro atoms. The van der Waals surface area contributed by atoms with E-state index in [4.69, 9.17) is 4.74 Å². The first-order chi connectivity index (χ1) is 14.4. The van der Waals surface area contributed by atoms with E-state index in [9.17, 15) is 4.79 Å². The van der Waals surface area contributed by atoms with E-state index in [0.29, 0.717) is 13.0 Å². The van der Waals surface area contributed by atoms with Gasteiger partial charge in [0.2, 0.25) is 5.91 Å². The van der Waals surface area contributed by atoms with Gasteiger partial charge in [0.05, 0.1) is 7.11 Å². The fraction of sp³-hybridized carbons (Fsp3) is 0.435. The van der Waals surface area contributed by atoms with Gasteiger partial charge in [-0.05, 0) is 81.0 Å². The summed E-state index contributed by atoms with van der Waals surface area (Å²) in [6.45, 7) is 6.98. The molecule has 0 unspecified atom stereocenters. The normalized spacial score (nSPS) is 14.8. The van der Waals surface area contributed by atoms with Crippen LogP contribution in [0.3, 0.4) is 0 Å². The van der Waals surface area contributed by atoms with Crippen molar-refractivity contribution in [2.24, 2.45) is 0 Å². The number of carbonyl (C=O) groups excluding carboxylic acids is 1. The number of anilines is 2. The number of amides is 1. The Bertz CT molecular complexity index is 836. The van der Waals surface area contributed by atoms with Crippen molar-refractivity contribution in [2.45, 2.75) is 18.2 Å². The fourth-order valence-electron chi connectivity index (χ4n) is 3.37. The first-order valence-electron chi connectivity index (χ1n) is 10.3. The average molecular weight is 429 g/mol. The van der Waals surface area contributed by atoms with Gasteiger partial charge in [0.15, 0.2) is 0 Å². The van der Waals surface area contributed by atoms with Gasteiger partial charge in [0.1, 0.15) is 5.75 Å². The number of methoxy groups -OCH3 is 1. The summed E-state index contributed by atoms with van der Waals surface area (Å²) < 4.78 is 7.34. The predicted molar refractivity (Wildman–Crippen MR) is 126 cm³/mol. The van der Waals surface area contributed by atoms with Crippen molar-refractivity contribution < 1.29 is 9.53 Å². The maximum absolute atomic E-state index is 12.4. The van der Waals surface area contributed by atoms with Crippen LogP contribution in [0.4, 0.5) is 11.4 Å². The molecule has 7 heteroatoms. The summed E-state index contributed by atoms with van der Waals surface area (Å²) in [5.41, 5.74) is 3.22. The Kier molecular flexibility index (Phi) is 8.01. The van der Waals surface area contributed by atoms with Crippen LogP contribution in [0.15, 0.2) is 47.4 Å². The third-order valence-corrected chi connectivity index (χ3v) is 6.46. The Labute approximate surface area is 184 Å². The minimum absolute atomic E-state index is 0.0289. The minimum atomic E-state index is 0.0289. The van der Waals surface area contributed by atoms with Gasteiger partial charge < -0.3 is 19.9 Å². The lowest BCUT2D eigenvalue weighted by Gasteiger charge is -2.34. The number of aryl methyl sites for hydroxylation is 1. The highest BCUT2D eigenvalue weighted by molar-refractivity contribution is 7.97. The number of piperazine rings is 1. The number of hydrogen-bond donors (Lipinski definition) is 1. The van der Waals surface area contributed by atoms with Crippen molar-refractivity contribution in [1.82, 2.24) is 9.21 Å². The SMILES string of the molecule is COc1ccc(SN(C)CCC(=O)Nc2ccc(N3CCN(C)CC3)cc2)c(C)c1. The molecule has 3 rings (SSSR count). The van der Waals surface area contributed by atoms with Gasteiger partial charge in [-0.25, -0.2) is 4.31 Å². The zero-order valence-corrected chi connectivity index (χ0v) is 19.2. The van der Waals surface area contributed by atoms with Crippen LogP contribution in [0.5, 0.6) is 5.75 Å². The van der Waals surface area contributed by atoms with Crippen LogP contribution in [0.2, 0.25) is 0 Å². The van der Waals surface area contributed by atoms with E-state index in [-0.39, 0.29) is 5.91 Å².